The van der Waals surface area contributed by atoms with Crippen molar-refractivity contribution in [1.82, 2.24) is 0 Å². The minimum absolute atomic E-state index is 0.0154. The monoisotopic (exact) mass is 378 g/mol. The molecule has 0 bridgehead atoms. The van der Waals surface area contributed by atoms with Crippen LogP contribution in [0.1, 0.15) is 56.7 Å². The van der Waals surface area contributed by atoms with E-state index >= 15 is 0 Å². The van der Waals surface area contributed by atoms with Gasteiger partial charge in [-0.15, -0.1) is 0 Å². The first-order chi connectivity index (χ1) is 13.2. The molecular weight excluding hydrogens is 348 g/mol. The molecule has 0 radical (unpaired) electrons. The second kappa shape index (κ2) is 8.83. The maximum atomic E-state index is 10.4. The summed E-state index contributed by atoms with van der Waals surface area (Å²) in [4.78, 5) is 0. The summed E-state index contributed by atoms with van der Waals surface area (Å²) in [6, 6.07) is 12.9. The summed E-state index contributed by atoms with van der Waals surface area (Å²) in [5, 5.41) is 29.7. The van der Waals surface area contributed by atoms with Crippen LogP contribution in [0.2, 0.25) is 0 Å². The molecule has 0 aromatic heterocycles. The average Bonchev–Trinajstić information content (AvgIpc) is 2.68. The fraction of sp³-hybridized carbons (Fsp3) is 0.280. The first-order valence-electron chi connectivity index (χ1n) is 9.59. The predicted octanol–water partition coefficient (Wildman–Crippen LogP) is 6.49. The normalized spacial score (nSPS) is 15.4. The molecule has 0 saturated heterocycles. The van der Waals surface area contributed by atoms with Crippen molar-refractivity contribution in [2.24, 2.45) is 0 Å². The lowest BCUT2D eigenvalue weighted by Crippen LogP contribution is -2.26. The zero-order chi connectivity index (χ0) is 20.9. The lowest BCUT2D eigenvalue weighted by molar-refractivity contribution is 0.435. The molecule has 0 amide bonds. The fourth-order valence-electron chi connectivity index (χ4n) is 3.51. The van der Waals surface area contributed by atoms with Gasteiger partial charge in [-0.2, -0.15) is 0 Å². The molecule has 148 valence electrons. The molecule has 3 heteroatoms. The summed E-state index contributed by atoms with van der Waals surface area (Å²) in [6.07, 6.45) is 6.35. The molecule has 2 rings (SSSR count). The van der Waals surface area contributed by atoms with Crippen LogP contribution in [-0.2, 0) is 5.41 Å². The van der Waals surface area contributed by atoms with Gasteiger partial charge in [0.2, 0.25) is 0 Å². The van der Waals surface area contributed by atoms with Gasteiger partial charge in [0.25, 0.3) is 0 Å². The molecule has 2 unspecified atom stereocenters. The lowest BCUT2D eigenvalue weighted by atomic mass is 9.69. The number of aromatic hydroxyl groups is 2. The SMILES string of the molecule is C=C(O)/C=C\C(=C/C)C(C)(c1ccc(O)cc1)c1ccc(O)c(C(C)CC)c1. The van der Waals surface area contributed by atoms with E-state index in [-0.39, 0.29) is 17.4 Å². The van der Waals surface area contributed by atoms with Crippen molar-refractivity contribution in [1.29, 1.82) is 0 Å². The third kappa shape index (κ3) is 4.30. The Morgan fingerprint density at radius 2 is 1.68 bits per heavy atom. The van der Waals surface area contributed by atoms with E-state index < -0.39 is 5.41 Å². The molecule has 0 saturated carbocycles. The summed E-state index contributed by atoms with van der Waals surface area (Å²) < 4.78 is 0. The molecule has 3 N–H and O–H groups in total. The second-order valence-electron chi connectivity index (χ2n) is 7.32. The van der Waals surface area contributed by atoms with Gasteiger partial charge in [0.05, 0.1) is 0 Å². The van der Waals surface area contributed by atoms with Crippen molar-refractivity contribution in [2.45, 2.75) is 45.4 Å². The Labute approximate surface area is 168 Å². The minimum Gasteiger partial charge on any atom is -0.509 e. The third-order valence-electron chi connectivity index (χ3n) is 5.54. The van der Waals surface area contributed by atoms with E-state index in [2.05, 4.69) is 33.4 Å². The van der Waals surface area contributed by atoms with Gasteiger partial charge in [0.1, 0.15) is 17.3 Å². The van der Waals surface area contributed by atoms with Crippen LogP contribution >= 0.6 is 0 Å². The van der Waals surface area contributed by atoms with Crippen molar-refractivity contribution in [3.8, 4) is 11.5 Å². The summed E-state index contributed by atoms with van der Waals surface area (Å²) in [6.45, 7) is 11.8. The van der Waals surface area contributed by atoms with Crippen molar-refractivity contribution in [3.63, 3.8) is 0 Å². The van der Waals surface area contributed by atoms with Crippen LogP contribution < -0.4 is 0 Å². The van der Waals surface area contributed by atoms with E-state index in [4.69, 9.17) is 0 Å². The highest BCUT2D eigenvalue weighted by Crippen LogP contribution is 2.42. The number of rotatable bonds is 7. The largest absolute Gasteiger partial charge is 0.509 e. The number of aliphatic hydroxyl groups excluding tert-OH is 1. The van der Waals surface area contributed by atoms with Gasteiger partial charge in [-0.05, 0) is 72.7 Å². The third-order valence-corrected chi connectivity index (χ3v) is 5.54. The van der Waals surface area contributed by atoms with E-state index in [0.717, 1.165) is 28.7 Å². The maximum absolute atomic E-state index is 10.4. The Balaban J connectivity index is 2.75. The zero-order valence-electron chi connectivity index (χ0n) is 17.1. The van der Waals surface area contributed by atoms with Crippen LogP contribution in [0.15, 0.2) is 78.6 Å². The maximum Gasteiger partial charge on any atom is 0.119 e. The van der Waals surface area contributed by atoms with E-state index in [1.54, 1.807) is 24.3 Å². The first kappa shape index (κ1) is 21.4. The van der Waals surface area contributed by atoms with E-state index in [9.17, 15) is 15.3 Å². The van der Waals surface area contributed by atoms with Crippen LogP contribution in [0, 0.1) is 0 Å². The molecule has 0 fully saturated rings. The van der Waals surface area contributed by atoms with E-state index in [1.807, 2.05) is 37.3 Å². The summed E-state index contributed by atoms with van der Waals surface area (Å²) >= 11 is 0. The fourth-order valence-corrected chi connectivity index (χ4v) is 3.51. The van der Waals surface area contributed by atoms with Crippen molar-refractivity contribution in [2.75, 3.05) is 0 Å². The smallest absolute Gasteiger partial charge is 0.119 e. The Morgan fingerprint density at radius 3 is 2.21 bits per heavy atom. The van der Waals surface area contributed by atoms with Crippen LogP contribution in [0.5, 0.6) is 11.5 Å². The van der Waals surface area contributed by atoms with Gasteiger partial charge in [-0.1, -0.05) is 56.8 Å². The van der Waals surface area contributed by atoms with Crippen molar-refractivity contribution >= 4 is 0 Å². The molecule has 0 heterocycles. The zero-order valence-corrected chi connectivity index (χ0v) is 17.1. The highest BCUT2D eigenvalue weighted by molar-refractivity contribution is 5.55. The molecule has 0 aliphatic carbocycles. The van der Waals surface area contributed by atoms with E-state index in [0.29, 0.717) is 5.75 Å². The Bertz CT molecular complexity index is 891. The molecule has 0 aliphatic heterocycles. The summed E-state index contributed by atoms with van der Waals surface area (Å²) in [7, 11) is 0. The van der Waals surface area contributed by atoms with Crippen LogP contribution in [-0.4, -0.2) is 15.3 Å². The van der Waals surface area contributed by atoms with Crippen LogP contribution in [0.25, 0.3) is 0 Å². The van der Waals surface area contributed by atoms with Gasteiger partial charge in [-0.25, -0.2) is 0 Å². The molecule has 2 aromatic carbocycles. The van der Waals surface area contributed by atoms with Gasteiger partial charge >= 0.3 is 0 Å². The number of phenols is 2. The average molecular weight is 379 g/mol. The van der Waals surface area contributed by atoms with E-state index in [1.165, 1.54) is 0 Å². The second-order valence-corrected chi connectivity index (χ2v) is 7.32. The van der Waals surface area contributed by atoms with Gasteiger partial charge in [0, 0.05) is 5.41 Å². The topological polar surface area (TPSA) is 60.7 Å². The molecule has 2 atom stereocenters. The Kier molecular flexibility index (Phi) is 6.74. The lowest BCUT2D eigenvalue weighted by Gasteiger charge is -2.33. The molecule has 28 heavy (non-hydrogen) atoms. The summed E-state index contributed by atoms with van der Waals surface area (Å²) in [5.41, 5.74) is 3.34. The van der Waals surface area contributed by atoms with Gasteiger partial charge < -0.3 is 15.3 Å². The Morgan fingerprint density at radius 1 is 1.07 bits per heavy atom. The van der Waals surface area contributed by atoms with Crippen LogP contribution in [0.4, 0.5) is 0 Å². The molecule has 3 nitrogen and oxygen atoms in total. The molecule has 0 spiro atoms. The molecular formula is C25H30O3. The van der Waals surface area contributed by atoms with Gasteiger partial charge in [-0.3, -0.25) is 0 Å². The quantitative estimate of drug-likeness (QED) is 0.381. The highest BCUT2D eigenvalue weighted by atomic mass is 16.3. The Hall–Kier alpha value is -2.94. The molecule has 0 aliphatic rings. The minimum atomic E-state index is -0.551. The number of hydrogen-bond acceptors (Lipinski definition) is 3. The highest BCUT2D eigenvalue weighted by Gasteiger charge is 2.32. The number of phenolic OH excluding ortho intramolecular Hbond substituents is 2. The van der Waals surface area contributed by atoms with Crippen molar-refractivity contribution < 1.29 is 15.3 Å². The number of aliphatic hydroxyl groups is 1. The number of benzene rings is 2. The number of hydrogen-bond donors (Lipinski definition) is 3. The van der Waals surface area contributed by atoms with Gasteiger partial charge in [0.15, 0.2) is 0 Å². The number of allylic oxidation sites excluding steroid dienone is 4. The predicted molar refractivity (Wildman–Crippen MR) is 116 cm³/mol. The molecule has 2 aromatic rings. The first-order valence-corrected chi connectivity index (χ1v) is 9.59. The summed E-state index contributed by atoms with van der Waals surface area (Å²) in [5.74, 6) is 0.718. The van der Waals surface area contributed by atoms with Crippen LogP contribution in [0.3, 0.4) is 0 Å². The standard InChI is InChI=1S/C25H30O3/c1-6-17(3)23-16-21(12-15-24(23)28)25(5,19(7-2)9-8-18(4)26)20-10-13-22(27)14-11-20/h7-17,26-28H,4,6H2,1-3,5H3/b9-8-,19-7+. The van der Waals surface area contributed by atoms with Crippen molar-refractivity contribution in [3.05, 3.63) is 95.3 Å².